The van der Waals surface area contributed by atoms with Crippen molar-refractivity contribution in [2.24, 2.45) is 0 Å². The van der Waals surface area contributed by atoms with Crippen molar-refractivity contribution in [3.05, 3.63) is 24.3 Å². The summed E-state index contributed by atoms with van der Waals surface area (Å²) in [5.41, 5.74) is 0.617. The lowest BCUT2D eigenvalue weighted by atomic mass is 10.1. The number of aliphatic carboxylic acids is 1. The summed E-state index contributed by atoms with van der Waals surface area (Å²) in [4.78, 5) is 26.8. The summed E-state index contributed by atoms with van der Waals surface area (Å²) in [5, 5.41) is 18.6. The van der Waals surface area contributed by atoms with Crippen molar-refractivity contribution in [3.8, 4) is 5.75 Å². The van der Waals surface area contributed by atoms with Crippen LogP contribution in [0, 0.1) is 0 Å². The zero-order chi connectivity index (χ0) is 15.4. The van der Waals surface area contributed by atoms with Gasteiger partial charge in [-0.2, -0.15) is 0 Å². The molecule has 114 valence electrons. The quantitative estimate of drug-likeness (QED) is 0.876. The maximum atomic E-state index is 12.6. The molecule has 1 unspecified atom stereocenters. The number of carboxylic acid groups (broad SMARTS) is 1. The number of anilines is 1. The fourth-order valence-corrected chi connectivity index (χ4v) is 2.57. The Kier molecular flexibility index (Phi) is 4.67. The summed E-state index contributed by atoms with van der Waals surface area (Å²) >= 11 is 0. The van der Waals surface area contributed by atoms with Gasteiger partial charge in [0, 0.05) is 19.3 Å². The molecule has 0 saturated carbocycles. The minimum atomic E-state index is -0.954. The highest BCUT2D eigenvalue weighted by Gasteiger charge is 2.32. The van der Waals surface area contributed by atoms with E-state index < -0.39 is 12.0 Å². The maximum absolute atomic E-state index is 12.6. The van der Waals surface area contributed by atoms with E-state index in [2.05, 4.69) is 0 Å². The maximum Gasteiger partial charge on any atom is 0.326 e. The first kappa shape index (κ1) is 15.2. The number of rotatable bonds is 2. The molecule has 0 spiro atoms. The highest BCUT2D eigenvalue weighted by molar-refractivity contribution is 5.94. The molecule has 0 aromatic heterocycles. The molecule has 1 aliphatic rings. The number of nitrogens with zero attached hydrogens (tertiary/aromatic N) is 2. The van der Waals surface area contributed by atoms with Gasteiger partial charge in [-0.05, 0) is 37.1 Å². The molecular weight excluding hydrogens is 272 g/mol. The zero-order valence-corrected chi connectivity index (χ0v) is 12.0. The van der Waals surface area contributed by atoms with E-state index in [4.69, 9.17) is 0 Å². The Morgan fingerprint density at radius 1 is 1.19 bits per heavy atom. The second-order valence-electron chi connectivity index (χ2n) is 5.25. The van der Waals surface area contributed by atoms with Gasteiger partial charge in [0.2, 0.25) is 0 Å². The average molecular weight is 292 g/mol. The number of benzene rings is 1. The standard InChI is InChI=1S/C15H20N2O4/c1-16(11-6-8-12(18)9-7-11)15(21)17-10-4-2-3-5-13(17)14(19)20/h6-9,13,18H,2-5,10H2,1H3,(H,19,20). The average Bonchev–Trinajstić information content (AvgIpc) is 2.72. The van der Waals surface area contributed by atoms with E-state index in [9.17, 15) is 19.8 Å². The zero-order valence-electron chi connectivity index (χ0n) is 12.0. The smallest absolute Gasteiger partial charge is 0.326 e. The van der Waals surface area contributed by atoms with Crippen molar-refractivity contribution in [1.82, 2.24) is 4.90 Å². The SMILES string of the molecule is CN(C(=O)N1CCCCCC1C(=O)O)c1ccc(O)cc1. The predicted molar refractivity (Wildman–Crippen MR) is 78.5 cm³/mol. The van der Waals surface area contributed by atoms with E-state index in [1.54, 1.807) is 19.2 Å². The van der Waals surface area contributed by atoms with Crippen molar-refractivity contribution >= 4 is 17.7 Å². The van der Waals surface area contributed by atoms with Crippen LogP contribution in [0.4, 0.5) is 10.5 Å². The Bertz CT molecular complexity index is 515. The second-order valence-corrected chi connectivity index (χ2v) is 5.25. The van der Waals surface area contributed by atoms with Gasteiger partial charge in [0.1, 0.15) is 11.8 Å². The first-order valence-electron chi connectivity index (χ1n) is 7.07. The summed E-state index contributed by atoms with van der Waals surface area (Å²) in [5.74, 6) is -0.831. The summed E-state index contributed by atoms with van der Waals surface area (Å²) in [6.45, 7) is 0.457. The minimum Gasteiger partial charge on any atom is -0.508 e. The topological polar surface area (TPSA) is 81.1 Å². The van der Waals surface area contributed by atoms with Gasteiger partial charge in [-0.3, -0.25) is 4.90 Å². The van der Waals surface area contributed by atoms with Gasteiger partial charge in [-0.25, -0.2) is 9.59 Å². The summed E-state index contributed by atoms with van der Waals surface area (Å²) in [7, 11) is 1.61. The van der Waals surface area contributed by atoms with Crippen LogP contribution in [0.15, 0.2) is 24.3 Å². The molecule has 1 aliphatic heterocycles. The number of likely N-dealkylation sites (tertiary alicyclic amines) is 1. The van der Waals surface area contributed by atoms with Gasteiger partial charge in [0.05, 0.1) is 0 Å². The lowest BCUT2D eigenvalue weighted by molar-refractivity contribution is -0.142. The number of carbonyl (C=O) groups excluding carboxylic acids is 1. The Morgan fingerprint density at radius 2 is 1.86 bits per heavy atom. The number of carboxylic acids is 1. The molecule has 1 fully saturated rings. The molecular formula is C15H20N2O4. The molecule has 2 N–H and O–H groups in total. The van der Waals surface area contributed by atoms with E-state index >= 15 is 0 Å². The second kappa shape index (κ2) is 6.47. The van der Waals surface area contributed by atoms with Crippen LogP contribution in [0.5, 0.6) is 5.75 Å². The number of hydrogen-bond acceptors (Lipinski definition) is 3. The van der Waals surface area contributed by atoms with E-state index in [1.807, 2.05) is 0 Å². The third kappa shape index (κ3) is 3.45. The van der Waals surface area contributed by atoms with Crippen molar-refractivity contribution in [2.75, 3.05) is 18.5 Å². The van der Waals surface area contributed by atoms with Crippen LogP contribution in [0.2, 0.25) is 0 Å². The highest BCUT2D eigenvalue weighted by atomic mass is 16.4. The Morgan fingerprint density at radius 3 is 2.48 bits per heavy atom. The van der Waals surface area contributed by atoms with Gasteiger partial charge >= 0.3 is 12.0 Å². The molecule has 1 aromatic carbocycles. The minimum absolute atomic E-state index is 0.123. The molecule has 21 heavy (non-hydrogen) atoms. The molecule has 1 heterocycles. The van der Waals surface area contributed by atoms with Crippen LogP contribution in [0.3, 0.4) is 0 Å². The van der Waals surface area contributed by atoms with Gasteiger partial charge in [-0.15, -0.1) is 0 Å². The summed E-state index contributed by atoms with van der Waals surface area (Å²) in [6.07, 6.45) is 3.07. The summed E-state index contributed by atoms with van der Waals surface area (Å²) in [6, 6.07) is 5.16. The number of phenols is 1. The van der Waals surface area contributed by atoms with Crippen LogP contribution in [-0.2, 0) is 4.79 Å². The van der Waals surface area contributed by atoms with Crippen molar-refractivity contribution in [2.45, 2.75) is 31.7 Å². The van der Waals surface area contributed by atoms with Crippen LogP contribution in [0.1, 0.15) is 25.7 Å². The Balaban J connectivity index is 2.19. The fraction of sp³-hybridized carbons (Fsp3) is 0.467. The van der Waals surface area contributed by atoms with Crippen LogP contribution >= 0.6 is 0 Å². The molecule has 6 heteroatoms. The van der Waals surface area contributed by atoms with Crippen molar-refractivity contribution in [3.63, 3.8) is 0 Å². The largest absolute Gasteiger partial charge is 0.508 e. The number of amides is 2. The number of hydrogen-bond donors (Lipinski definition) is 2. The Labute approximate surface area is 123 Å². The monoisotopic (exact) mass is 292 g/mol. The molecule has 0 radical (unpaired) electrons. The molecule has 0 aliphatic carbocycles. The van der Waals surface area contributed by atoms with Crippen LogP contribution in [0.25, 0.3) is 0 Å². The predicted octanol–water partition coefficient (Wildman–Crippen LogP) is 2.28. The molecule has 1 aromatic rings. The van der Waals surface area contributed by atoms with Crippen molar-refractivity contribution < 1.29 is 19.8 Å². The number of urea groups is 1. The molecule has 1 atom stereocenters. The summed E-state index contributed by atoms with van der Waals surface area (Å²) < 4.78 is 0. The first-order chi connectivity index (χ1) is 10.0. The number of aromatic hydroxyl groups is 1. The Hall–Kier alpha value is -2.24. The van der Waals surface area contributed by atoms with E-state index in [-0.39, 0.29) is 11.8 Å². The number of carbonyl (C=O) groups is 2. The molecule has 1 saturated heterocycles. The highest BCUT2D eigenvalue weighted by Crippen LogP contribution is 2.22. The van der Waals surface area contributed by atoms with Gasteiger partial charge < -0.3 is 15.1 Å². The number of phenolic OH excluding ortho intramolecular Hbond substituents is 1. The fourth-order valence-electron chi connectivity index (χ4n) is 2.57. The molecule has 2 rings (SSSR count). The van der Waals surface area contributed by atoms with Gasteiger partial charge in [0.25, 0.3) is 0 Å². The first-order valence-corrected chi connectivity index (χ1v) is 7.07. The lowest BCUT2D eigenvalue weighted by Gasteiger charge is -2.31. The van der Waals surface area contributed by atoms with Gasteiger partial charge in [0.15, 0.2) is 0 Å². The molecule has 0 bridgehead atoms. The van der Waals surface area contributed by atoms with E-state index in [0.29, 0.717) is 18.7 Å². The van der Waals surface area contributed by atoms with Crippen molar-refractivity contribution in [1.29, 1.82) is 0 Å². The third-order valence-corrected chi connectivity index (χ3v) is 3.81. The lowest BCUT2D eigenvalue weighted by Crippen LogP contribution is -2.50. The van der Waals surface area contributed by atoms with E-state index in [1.165, 1.54) is 21.9 Å². The van der Waals surface area contributed by atoms with E-state index in [0.717, 1.165) is 19.3 Å². The molecule has 2 amide bonds. The van der Waals surface area contributed by atoms with Gasteiger partial charge in [-0.1, -0.05) is 12.8 Å². The van der Waals surface area contributed by atoms with Crippen LogP contribution < -0.4 is 4.90 Å². The third-order valence-electron chi connectivity index (χ3n) is 3.81. The van der Waals surface area contributed by atoms with Crippen LogP contribution in [-0.4, -0.2) is 46.7 Å². The molecule has 6 nitrogen and oxygen atoms in total. The normalized spacial score (nSPS) is 18.9.